The largest absolute Gasteiger partial charge is 0.454 e. The summed E-state index contributed by atoms with van der Waals surface area (Å²) in [6, 6.07) is 15.5. The van der Waals surface area contributed by atoms with Crippen LogP contribution in [0.1, 0.15) is 15.9 Å². The molecule has 1 aromatic heterocycles. The van der Waals surface area contributed by atoms with Gasteiger partial charge in [0.1, 0.15) is 12.1 Å². The van der Waals surface area contributed by atoms with Crippen molar-refractivity contribution >= 4 is 11.6 Å². The van der Waals surface area contributed by atoms with Gasteiger partial charge in [-0.1, -0.05) is 12.1 Å². The summed E-state index contributed by atoms with van der Waals surface area (Å²) in [5.41, 5.74) is 1.43. The van der Waals surface area contributed by atoms with Gasteiger partial charge in [-0.3, -0.25) is 4.79 Å². The van der Waals surface area contributed by atoms with E-state index < -0.39 is 0 Å². The van der Waals surface area contributed by atoms with Crippen molar-refractivity contribution in [3.05, 3.63) is 78.4 Å². The minimum Gasteiger partial charge on any atom is -0.454 e. The topological polar surface area (TPSA) is 87.9 Å². The molecule has 0 aliphatic heterocycles. The molecular formula is C18H12N4O2. The van der Waals surface area contributed by atoms with E-state index >= 15 is 0 Å². The van der Waals surface area contributed by atoms with Gasteiger partial charge in [-0.2, -0.15) is 5.26 Å². The highest BCUT2D eigenvalue weighted by molar-refractivity contribution is 6.04. The predicted octanol–water partition coefficient (Wildman–Crippen LogP) is 3.39. The van der Waals surface area contributed by atoms with Crippen LogP contribution in [0.3, 0.4) is 0 Å². The molecule has 3 rings (SSSR count). The van der Waals surface area contributed by atoms with Crippen LogP contribution in [-0.4, -0.2) is 15.9 Å². The monoisotopic (exact) mass is 316 g/mol. The van der Waals surface area contributed by atoms with E-state index in [1.807, 2.05) is 6.07 Å². The molecule has 0 bridgehead atoms. The van der Waals surface area contributed by atoms with Gasteiger partial charge in [0.2, 0.25) is 0 Å². The number of nitriles is 1. The quantitative estimate of drug-likeness (QED) is 0.797. The average Bonchev–Trinajstić information content (AvgIpc) is 2.63. The Labute approximate surface area is 138 Å². The predicted molar refractivity (Wildman–Crippen MR) is 87.7 cm³/mol. The van der Waals surface area contributed by atoms with Crippen molar-refractivity contribution in [3.63, 3.8) is 0 Å². The number of ether oxygens (including phenoxy) is 1. The number of amides is 1. The zero-order chi connectivity index (χ0) is 16.8. The molecule has 0 radical (unpaired) electrons. The lowest BCUT2D eigenvalue weighted by molar-refractivity contribution is 0.102. The molecule has 1 heterocycles. The third-order valence-electron chi connectivity index (χ3n) is 3.12. The number of aromatic nitrogens is 2. The van der Waals surface area contributed by atoms with Crippen molar-refractivity contribution in [3.8, 4) is 17.6 Å². The number of nitrogens with one attached hydrogen (secondary N) is 1. The Hall–Kier alpha value is -3.72. The number of anilines is 1. The van der Waals surface area contributed by atoms with Gasteiger partial charge in [-0.25, -0.2) is 9.97 Å². The van der Waals surface area contributed by atoms with Gasteiger partial charge in [0.25, 0.3) is 5.91 Å². The van der Waals surface area contributed by atoms with Crippen LogP contribution in [-0.2, 0) is 0 Å². The van der Waals surface area contributed by atoms with Crippen LogP contribution in [0.4, 0.5) is 5.69 Å². The van der Waals surface area contributed by atoms with Crippen LogP contribution in [0.2, 0.25) is 0 Å². The first-order valence-electron chi connectivity index (χ1n) is 7.09. The van der Waals surface area contributed by atoms with Gasteiger partial charge >= 0.3 is 0 Å². The number of carbonyl (C=O) groups is 1. The lowest BCUT2D eigenvalue weighted by atomic mass is 10.1. The Morgan fingerprint density at radius 3 is 2.62 bits per heavy atom. The minimum atomic E-state index is -0.299. The highest BCUT2D eigenvalue weighted by Crippen LogP contribution is 2.23. The minimum absolute atomic E-state index is 0.299. The molecule has 1 amide bonds. The number of hydrogen-bond acceptors (Lipinski definition) is 5. The van der Waals surface area contributed by atoms with Crippen LogP contribution < -0.4 is 10.1 Å². The van der Waals surface area contributed by atoms with Crippen molar-refractivity contribution in [1.82, 2.24) is 9.97 Å². The molecule has 0 aliphatic rings. The van der Waals surface area contributed by atoms with Gasteiger partial charge in [0, 0.05) is 17.3 Å². The summed E-state index contributed by atoms with van der Waals surface area (Å²) in [6.45, 7) is 0. The summed E-state index contributed by atoms with van der Waals surface area (Å²) in [5, 5.41) is 11.7. The fraction of sp³-hybridized carbons (Fsp3) is 0. The maximum absolute atomic E-state index is 12.3. The summed E-state index contributed by atoms with van der Waals surface area (Å²) in [5.74, 6) is 0.753. The van der Waals surface area contributed by atoms with E-state index in [2.05, 4.69) is 15.3 Å². The van der Waals surface area contributed by atoms with Crippen molar-refractivity contribution in [2.45, 2.75) is 0 Å². The molecule has 0 saturated heterocycles. The van der Waals surface area contributed by atoms with Crippen molar-refractivity contribution < 1.29 is 9.53 Å². The van der Waals surface area contributed by atoms with Crippen molar-refractivity contribution in [1.29, 1.82) is 5.26 Å². The van der Waals surface area contributed by atoms with E-state index in [1.54, 1.807) is 54.9 Å². The van der Waals surface area contributed by atoms with Crippen LogP contribution >= 0.6 is 0 Å². The lowest BCUT2D eigenvalue weighted by Gasteiger charge is -2.08. The SMILES string of the molecule is N#Cc1cccc(C(=O)Nc2cccc(Oc3cncnc3)c2)c1. The van der Waals surface area contributed by atoms with Crippen molar-refractivity contribution in [2.75, 3.05) is 5.32 Å². The zero-order valence-corrected chi connectivity index (χ0v) is 12.5. The fourth-order valence-corrected chi connectivity index (χ4v) is 2.04. The second-order valence-corrected chi connectivity index (χ2v) is 4.85. The average molecular weight is 316 g/mol. The Bertz CT molecular complexity index is 904. The number of carbonyl (C=O) groups excluding carboxylic acids is 1. The van der Waals surface area contributed by atoms with E-state index in [0.29, 0.717) is 28.3 Å². The summed E-state index contributed by atoms with van der Waals surface area (Å²) >= 11 is 0. The normalized spacial score (nSPS) is 9.79. The van der Waals surface area contributed by atoms with Crippen LogP contribution in [0.15, 0.2) is 67.3 Å². The smallest absolute Gasteiger partial charge is 0.255 e. The highest BCUT2D eigenvalue weighted by atomic mass is 16.5. The zero-order valence-electron chi connectivity index (χ0n) is 12.5. The maximum Gasteiger partial charge on any atom is 0.255 e. The Balaban J connectivity index is 1.74. The van der Waals surface area contributed by atoms with E-state index in [-0.39, 0.29) is 5.91 Å². The number of rotatable bonds is 4. The highest BCUT2D eigenvalue weighted by Gasteiger charge is 2.08. The molecule has 0 atom stereocenters. The van der Waals surface area contributed by atoms with E-state index in [4.69, 9.17) is 10.00 Å². The molecule has 1 N–H and O–H groups in total. The molecule has 0 spiro atoms. The van der Waals surface area contributed by atoms with Gasteiger partial charge in [0.15, 0.2) is 5.75 Å². The first-order chi connectivity index (χ1) is 11.7. The van der Waals surface area contributed by atoms with E-state index in [9.17, 15) is 4.79 Å². The van der Waals surface area contributed by atoms with Crippen LogP contribution in [0, 0.1) is 11.3 Å². The molecular weight excluding hydrogens is 304 g/mol. The third-order valence-corrected chi connectivity index (χ3v) is 3.12. The maximum atomic E-state index is 12.3. The molecule has 2 aromatic carbocycles. The first kappa shape index (κ1) is 15.2. The standard InChI is InChI=1S/C18H12N4O2/c19-9-13-3-1-4-14(7-13)18(23)22-15-5-2-6-16(8-15)24-17-10-20-12-21-11-17/h1-8,10-12H,(H,22,23). The molecule has 6 nitrogen and oxygen atoms in total. The van der Waals surface area contributed by atoms with Crippen LogP contribution in [0.25, 0.3) is 0 Å². The number of benzene rings is 2. The Morgan fingerprint density at radius 2 is 1.83 bits per heavy atom. The van der Waals surface area contributed by atoms with Gasteiger partial charge in [-0.15, -0.1) is 0 Å². The summed E-state index contributed by atoms with van der Waals surface area (Å²) in [4.78, 5) is 20.0. The number of nitrogens with zero attached hydrogens (tertiary/aromatic N) is 3. The van der Waals surface area contributed by atoms with Gasteiger partial charge < -0.3 is 10.1 Å². The summed E-state index contributed by atoms with van der Waals surface area (Å²) in [6.07, 6.45) is 4.51. The summed E-state index contributed by atoms with van der Waals surface area (Å²) in [7, 11) is 0. The molecule has 6 heteroatoms. The Kier molecular flexibility index (Phi) is 4.45. The first-order valence-corrected chi connectivity index (χ1v) is 7.09. The molecule has 0 saturated carbocycles. The third kappa shape index (κ3) is 3.72. The molecule has 24 heavy (non-hydrogen) atoms. The van der Waals surface area contributed by atoms with Gasteiger partial charge in [-0.05, 0) is 30.3 Å². The second-order valence-electron chi connectivity index (χ2n) is 4.85. The fourth-order valence-electron chi connectivity index (χ4n) is 2.04. The van der Waals surface area contributed by atoms with E-state index in [0.717, 1.165) is 0 Å². The molecule has 0 aliphatic carbocycles. The summed E-state index contributed by atoms with van der Waals surface area (Å²) < 4.78 is 5.62. The molecule has 0 fully saturated rings. The molecule has 3 aromatic rings. The van der Waals surface area contributed by atoms with Gasteiger partial charge in [0.05, 0.1) is 24.0 Å². The molecule has 0 unspecified atom stereocenters. The lowest BCUT2D eigenvalue weighted by Crippen LogP contribution is -2.11. The number of hydrogen-bond donors (Lipinski definition) is 1. The van der Waals surface area contributed by atoms with Crippen molar-refractivity contribution in [2.24, 2.45) is 0 Å². The Morgan fingerprint density at radius 1 is 1.04 bits per heavy atom. The molecule has 116 valence electrons. The second kappa shape index (κ2) is 7.03. The van der Waals surface area contributed by atoms with Crippen LogP contribution in [0.5, 0.6) is 11.5 Å². The van der Waals surface area contributed by atoms with E-state index in [1.165, 1.54) is 12.4 Å².